The highest BCUT2D eigenvalue weighted by atomic mass is 32.2. The molecule has 2 heterocycles. The predicted molar refractivity (Wildman–Crippen MR) is 48.4 cm³/mol. The zero-order chi connectivity index (χ0) is 8.72. The van der Waals surface area contributed by atoms with Gasteiger partial charge in [0.05, 0.1) is 11.4 Å². The molecule has 66 valence electrons. The first kappa shape index (κ1) is 7.98. The topological polar surface area (TPSA) is 34.9 Å². The zero-order valence-electron chi connectivity index (χ0n) is 7.33. The Bertz CT molecular complexity index is 343. The van der Waals surface area contributed by atoms with E-state index in [1.54, 1.807) is 0 Å². The highest BCUT2D eigenvalue weighted by molar-refractivity contribution is 7.84. The third-order valence-electron chi connectivity index (χ3n) is 2.41. The summed E-state index contributed by atoms with van der Waals surface area (Å²) in [6, 6.07) is 0. The van der Waals surface area contributed by atoms with E-state index in [1.807, 2.05) is 18.7 Å². The maximum Gasteiger partial charge on any atom is 0.0677 e. The van der Waals surface area contributed by atoms with Crippen molar-refractivity contribution >= 4 is 10.8 Å². The molecule has 2 rings (SSSR count). The van der Waals surface area contributed by atoms with Gasteiger partial charge < -0.3 is 0 Å². The summed E-state index contributed by atoms with van der Waals surface area (Å²) >= 11 is 0. The minimum atomic E-state index is -0.652. The smallest absolute Gasteiger partial charge is 0.0677 e. The Balaban J connectivity index is 2.50. The molecule has 0 bridgehead atoms. The van der Waals surface area contributed by atoms with Crippen LogP contribution >= 0.6 is 0 Å². The highest BCUT2D eigenvalue weighted by Crippen LogP contribution is 2.20. The third kappa shape index (κ3) is 1.10. The van der Waals surface area contributed by atoms with Gasteiger partial charge in [-0.3, -0.25) is 8.89 Å². The fraction of sp³-hybridized carbons (Fsp3) is 0.625. The van der Waals surface area contributed by atoms with Gasteiger partial charge in [-0.2, -0.15) is 5.10 Å². The van der Waals surface area contributed by atoms with E-state index in [9.17, 15) is 4.21 Å². The van der Waals surface area contributed by atoms with Crippen LogP contribution in [-0.2, 0) is 30.0 Å². The van der Waals surface area contributed by atoms with E-state index in [1.165, 1.54) is 5.56 Å². The standard InChI is InChI=1S/C8H12N2OS/c1-6-7-5-12(11)4-3-8(7)9-10(6)2/h3-5H2,1-2H3. The van der Waals surface area contributed by atoms with E-state index in [0.717, 1.165) is 23.6 Å². The highest BCUT2D eigenvalue weighted by Gasteiger charge is 2.20. The lowest BCUT2D eigenvalue weighted by molar-refractivity contribution is 0.678. The average Bonchev–Trinajstić information content (AvgIpc) is 2.31. The molecule has 1 atom stereocenters. The molecule has 0 saturated carbocycles. The molecular formula is C8H12N2OS. The summed E-state index contributed by atoms with van der Waals surface area (Å²) < 4.78 is 13.1. The Labute approximate surface area is 74.2 Å². The fourth-order valence-electron chi connectivity index (χ4n) is 1.55. The van der Waals surface area contributed by atoms with Crippen molar-refractivity contribution in [2.24, 2.45) is 7.05 Å². The van der Waals surface area contributed by atoms with Gasteiger partial charge in [-0.1, -0.05) is 0 Å². The number of fused-ring (bicyclic) bond motifs is 1. The van der Waals surface area contributed by atoms with E-state index < -0.39 is 10.8 Å². The molecule has 1 aromatic heterocycles. The summed E-state index contributed by atoms with van der Waals surface area (Å²) in [7, 11) is 1.29. The summed E-state index contributed by atoms with van der Waals surface area (Å²) in [5.41, 5.74) is 3.52. The summed E-state index contributed by atoms with van der Waals surface area (Å²) in [6.45, 7) is 2.04. The lowest BCUT2D eigenvalue weighted by Crippen LogP contribution is -2.12. The molecule has 0 radical (unpaired) electrons. The summed E-state index contributed by atoms with van der Waals surface area (Å²) in [6.07, 6.45) is 0.879. The fourth-order valence-corrected chi connectivity index (χ4v) is 2.82. The minimum absolute atomic E-state index is 0.652. The van der Waals surface area contributed by atoms with Crippen LogP contribution in [0.3, 0.4) is 0 Å². The van der Waals surface area contributed by atoms with Gasteiger partial charge in [0.1, 0.15) is 0 Å². The van der Waals surface area contributed by atoms with Crippen LogP contribution in [0.4, 0.5) is 0 Å². The van der Waals surface area contributed by atoms with Crippen molar-refractivity contribution in [1.82, 2.24) is 9.78 Å². The Morgan fingerprint density at radius 2 is 2.33 bits per heavy atom. The molecule has 0 saturated heterocycles. The molecule has 1 aromatic rings. The monoisotopic (exact) mass is 184 g/mol. The number of nitrogens with zero attached hydrogens (tertiary/aromatic N) is 2. The van der Waals surface area contributed by atoms with E-state index in [2.05, 4.69) is 5.10 Å². The van der Waals surface area contributed by atoms with Crippen LogP contribution in [0.25, 0.3) is 0 Å². The number of aromatic nitrogens is 2. The normalized spacial score (nSPS) is 22.3. The quantitative estimate of drug-likeness (QED) is 0.589. The minimum Gasteiger partial charge on any atom is -0.272 e. The Morgan fingerprint density at radius 1 is 1.58 bits per heavy atom. The van der Waals surface area contributed by atoms with Gasteiger partial charge in [0.25, 0.3) is 0 Å². The first-order valence-corrected chi connectivity index (χ1v) is 5.53. The molecule has 4 heteroatoms. The van der Waals surface area contributed by atoms with Crippen LogP contribution in [0.1, 0.15) is 17.0 Å². The summed E-state index contributed by atoms with van der Waals surface area (Å²) in [5, 5.41) is 4.37. The number of rotatable bonds is 0. The second-order valence-electron chi connectivity index (χ2n) is 3.17. The SMILES string of the molecule is Cc1c2c(nn1C)CCS(=O)C2. The van der Waals surface area contributed by atoms with E-state index >= 15 is 0 Å². The van der Waals surface area contributed by atoms with Crippen LogP contribution in [-0.4, -0.2) is 19.7 Å². The molecule has 0 aliphatic carbocycles. The number of aryl methyl sites for hydroxylation is 2. The lowest BCUT2D eigenvalue weighted by atomic mass is 10.2. The van der Waals surface area contributed by atoms with E-state index in [0.29, 0.717) is 5.75 Å². The molecule has 1 aliphatic rings. The van der Waals surface area contributed by atoms with Crippen molar-refractivity contribution in [2.75, 3.05) is 5.75 Å². The maximum absolute atomic E-state index is 11.3. The Hall–Kier alpha value is -0.640. The molecule has 0 N–H and O–H groups in total. The first-order chi connectivity index (χ1) is 5.68. The Morgan fingerprint density at radius 3 is 3.08 bits per heavy atom. The van der Waals surface area contributed by atoms with Crippen molar-refractivity contribution in [2.45, 2.75) is 19.1 Å². The van der Waals surface area contributed by atoms with Crippen LogP contribution in [0.5, 0.6) is 0 Å². The second kappa shape index (κ2) is 2.69. The van der Waals surface area contributed by atoms with Gasteiger partial charge >= 0.3 is 0 Å². The van der Waals surface area contributed by atoms with Gasteiger partial charge in [0, 0.05) is 41.3 Å². The van der Waals surface area contributed by atoms with Crippen molar-refractivity contribution < 1.29 is 4.21 Å². The second-order valence-corrected chi connectivity index (χ2v) is 4.75. The molecular weight excluding hydrogens is 172 g/mol. The maximum atomic E-state index is 11.3. The molecule has 0 spiro atoms. The van der Waals surface area contributed by atoms with Crippen molar-refractivity contribution in [3.63, 3.8) is 0 Å². The molecule has 1 unspecified atom stereocenters. The summed E-state index contributed by atoms with van der Waals surface area (Å²) in [5.74, 6) is 1.48. The van der Waals surface area contributed by atoms with E-state index in [4.69, 9.17) is 0 Å². The van der Waals surface area contributed by atoms with E-state index in [-0.39, 0.29) is 0 Å². The third-order valence-corrected chi connectivity index (χ3v) is 3.68. The van der Waals surface area contributed by atoms with Gasteiger partial charge in [0.2, 0.25) is 0 Å². The molecule has 0 fully saturated rings. The van der Waals surface area contributed by atoms with Gasteiger partial charge in [-0.05, 0) is 6.92 Å². The van der Waals surface area contributed by atoms with Crippen LogP contribution in [0.2, 0.25) is 0 Å². The van der Waals surface area contributed by atoms with Crippen molar-refractivity contribution in [1.29, 1.82) is 0 Å². The number of hydrogen-bond acceptors (Lipinski definition) is 2. The molecule has 1 aliphatic heterocycles. The van der Waals surface area contributed by atoms with Gasteiger partial charge in [-0.25, -0.2) is 0 Å². The molecule has 0 amide bonds. The van der Waals surface area contributed by atoms with Crippen LogP contribution in [0, 0.1) is 6.92 Å². The average molecular weight is 184 g/mol. The summed E-state index contributed by atoms with van der Waals surface area (Å²) in [4.78, 5) is 0. The predicted octanol–water partition coefficient (Wildman–Crippen LogP) is 0.533. The first-order valence-electron chi connectivity index (χ1n) is 4.05. The zero-order valence-corrected chi connectivity index (χ0v) is 8.15. The van der Waals surface area contributed by atoms with Gasteiger partial charge in [0.15, 0.2) is 0 Å². The molecule has 3 nitrogen and oxygen atoms in total. The molecule has 0 aromatic carbocycles. The Kier molecular flexibility index (Phi) is 1.79. The van der Waals surface area contributed by atoms with Crippen LogP contribution in [0.15, 0.2) is 0 Å². The van der Waals surface area contributed by atoms with Gasteiger partial charge in [-0.15, -0.1) is 0 Å². The lowest BCUT2D eigenvalue weighted by Gasteiger charge is -2.09. The largest absolute Gasteiger partial charge is 0.272 e. The van der Waals surface area contributed by atoms with Crippen LogP contribution < -0.4 is 0 Å². The van der Waals surface area contributed by atoms with Crippen molar-refractivity contribution in [3.05, 3.63) is 17.0 Å². The van der Waals surface area contributed by atoms with Crippen molar-refractivity contribution in [3.8, 4) is 0 Å². The number of hydrogen-bond donors (Lipinski definition) is 0. The molecule has 12 heavy (non-hydrogen) atoms.